The lowest BCUT2D eigenvalue weighted by atomic mass is 10.3. The van der Waals surface area contributed by atoms with E-state index < -0.39 is 18.0 Å². The van der Waals surface area contributed by atoms with Gasteiger partial charge in [-0.3, -0.25) is 4.79 Å². The number of halogens is 3. The monoisotopic (exact) mass is 296 g/mol. The normalized spacial score (nSPS) is 12.0. The average Bonchev–Trinajstić information content (AvgIpc) is 2.25. The van der Waals surface area contributed by atoms with E-state index in [1.807, 2.05) is 0 Å². The Labute approximate surface area is 112 Å². The van der Waals surface area contributed by atoms with Crippen LogP contribution in [0.15, 0.2) is 6.20 Å². The molecule has 8 heteroatoms. The summed E-state index contributed by atoms with van der Waals surface area (Å²) in [6.45, 7) is 1.33. The standard InChI is InChI=1S/C9H7Cl3N2O3/c1-3(8(13)15)17-9(16)7-6(12)5(11)4(10)2-14-7/h2-3H,1H3,(H2,13,15)/t3-/m1/s1. The minimum atomic E-state index is -1.09. The highest BCUT2D eigenvalue weighted by atomic mass is 35.5. The van der Waals surface area contributed by atoms with Gasteiger partial charge in [0.2, 0.25) is 0 Å². The van der Waals surface area contributed by atoms with Crippen LogP contribution in [0.1, 0.15) is 17.4 Å². The number of primary amides is 1. The number of amides is 1. The molecule has 0 aliphatic heterocycles. The highest BCUT2D eigenvalue weighted by Crippen LogP contribution is 2.31. The summed E-state index contributed by atoms with van der Waals surface area (Å²) < 4.78 is 4.71. The summed E-state index contributed by atoms with van der Waals surface area (Å²) in [5.41, 5.74) is 4.71. The number of carbonyl (C=O) groups excluding carboxylic acids is 2. The van der Waals surface area contributed by atoms with E-state index >= 15 is 0 Å². The van der Waals surface area contributed by atoms with Gasteiger partial charge in [-0.05, 0) is 6.92 Å². The maximum absolute atomic E-state index is 11.6. The minimum Gasteiger partial charge on any atom is -0.448 e. The number of pyridine rings is 1. The Morgan fingerprint density at radius 1 is 1.35 bits per heavy atom. The topological polar surface area (TPSA) is 82.3 Å². The molecule has 1 rings (SSSR count). The highest BCUT2D eigenvalue weighted by Gasteiger charge is 2.22. The van der Waals surface area contributed by atoms with Crippen LogP contribution in [0.25, 0.3) is 0 Å². The fourth-order valence-corrected chi connectivity index (χ4v) is 1.42. The van der Waals surface area contributed by atoms with Crippen molar-refractivity contribution in [1.29, 1.82) is 0 Å². The Morgan fingerprint density at radius 2 is 1.94 bits per heavy atom. The number of rotatable bonds is 3. The Bertz CT molecular complexity index is 479. The lowest BCUT2D eigenvalue weighted by molar-refractivity contribution is -0.125. The van der Waals surface area contributed by atoms with Gasteiger partial charge in [0, 0.05) is 6.20 Å². The Hall–Kier alpha value is -1.04. The summed E-state index contributed by atoms with van der Waals surface area (Å²) in [7, 11) is 0. The number of hydrogen-bond donors (Lipinski definition) is 1. The van der Waals surface area contributed by atoms with Crippen molar-refractivity contribution in [2.75, 3.05) is 0 Å². The Balaban J connectivity index is 2.98. The molecule has 1 heterocycles. The second-order valence-electron chi connectivity index (χ2n) is 3.03. The van der Waals surface area contributed by atoms with E-state index in [0.717, 1.165) is 6.20 Å². The molecular formula is C9H7Cl3N2O3. The van der Waals surface area contributed by atoms with Crippen LogP contribution >= 0.6 is 34.8 Å². The van der Waals surface area contributed by atoms with Gasteiger partial charge < -0.3 is 10.5 Å². The summed E-state index contributed by atoms with van der Waals surface area (Å²) in [5.74, 6) is -1.69. The molecule has 92 valence electrons. The zero-order valence-electron chi connectivity index (χ0n) is 8.54. The molecule has 0 saturated carbocycles. The number of aromatic nitrogens is 1. The van der Waals surface area contributed by atoms with Gasteiger partial charge in [0.25, 0.3) is 5.91 Å². The van der Waals surface area contributed by atoms with Crippen molar-refractivity contribution in [2.24, 2.45) is 5.73 Å². The van der Waals surface area contributed by atoms with Gasteiger partial charge in [0.05, 0.1) is 15.1 Å². The molecule has 1 aromatic heterocycles. The number of nitrogens with zero attached hydrogens (tertiary/aromatic N) is 1. The van der Waals surface area contributed by atoms with E-state index in [0.29, 0.717) is 0 Å². The van der Waals surface area contributed by atoms with Gasteiger partial charge in [-0.15, -0.1) is 0 Å². The third-order valence-electron chi connectivity index (χ3n) is 1.80. The molecule has 0 saturated heterocycles. The molecule has 0 fully saturated rings. The molecule has 17 heavy (non-hydrogen) atoms. The van der Waals surface area contributed by atoms with E-state index in [2.05, 4.69) is 4.98 Å². The van der Waals surface area contributed by atoms with Crippen molar-refractivity contribution >= 4 is 46.7 Å². The zero-order chi connectivity index (χ0) is 13.2. The molecule has 2 N–H and O–H groups in total. The first-order valence-corrected chi connectivity index (χ1v) is 5.47. The maximum atomic E-state index is 11.6. The van der Waals surface area contributed by atoms with Gasteiger partial charge in [0.15, 0.2) is 11.8 Å². The lowest BCUT2D eigenvalue weighted by Crippen LogP contribution is -2.30. The van der Waals surface area contributed by atoms with Crippen molar-refractivity contribution in [3.05, 3.63) is 27.0 Å². The molecular weight excluding hydrogens is 290 g/mol. The van der Waals surface area contributed by atoms with Crippen LogP contribution in [0, 0.1) is 0 Å². The van der Waals surface area contributed by atoms with E-state index in [1.54, 1.807) is 0 Å². The van der Waals surface area contributed by atoms with Gasteiger partial charge in [-0.1, -0.05) is 34.8 Å². The number of carbonyl (C=O) groups is 2. The fraction of sp³-hybridized carbons (Fsp3) is 0.222. The SMILES string of the molecule is C[C@@H](OC(=O)c1ncc(Cl)c(Cl)c1Cl)C(N)=O. The van der Waals surface area contributed by atoms with Crippen LogP contribution in [-0.4, -0.2) is 23.0 Å². The van der Waals surface area contributed by atoms with Crippen LogP contribution < -0.4 is 5.73 Å². The van der Waals surface area contributed by atoms with Crippen molar-refractivity contribution in [3.8, 4) is 0 Å². The maximum Gasteiger partial charge on any atom is 0.359 e. The van der Waals surface area contributed by atoms with Crippen LogP contribution in [-0.2, 0) is 9.53 Å². The fourth-order valence-electron chi connectivity index (χ4n) is 0.860. The smallest absolute Gasteiger partial charge is 0.359 e. The molecule has 1 aromatic rings. The summed E-state index contributed by atoms with van der Waals surface area (Å²) in [6, 6.07) is 0. The second-order valence-corrected chi connectivity index (χ2v) is 4.20. The summed E-state index contributed by atoms with van der Waals surface area (Å²) in [4.78, 5) is 26.0. The molecule has 0 radical (unpaired) electrons. The van der Waals surface area contributed by atoms with Crippen molar-refractivity contribution in [1.82, 2.24) is 4.98 Å². The van der Waals surface area contributed by atoms with E-state index in [-0.39, 0.29) is 20.8 Å². The number of esters is 1. The minimum absolute atomic E-state index is 0.0120. The Kier molecular flexibility index (Phi) is 4.56. The van der Waals surface area contributed by atoms with Crippen LogP contribution in [0.4, 0.5) is 0 Å². The second kappa shape index (κ2) is 5.53. The first-order chi connectivity index (χ1) is 7.84. The predicted molar refractivity (Wildman–Crippen MR) is 63.3 cm³/mol. The van der Waals surface area contributed by atoms with Gasteiger partial charge in [-0.25, -0.2) is 9.78 Å². The van der Waals surface area contributed by atoms with Crippen molar-refractivity contribution < 1.29 is 14.3 Å². The predicted octanol–water partition coefficient (Wildman–Crippen LogP) is 2.07. The first-order valence-electron chi connectivity index (χ1n) is 4.34. The summed E-state index contributed by atoms with van der Waals surface area (Å²) >= 11 is 17.1. The van der Waals surface area contributed by atoms with Gasteiger partial charge in [0.1, 0.15) is 0 Å². The highest BCUT2D eigenvalue weighted by molar-refractivity contribution is 6.48. The van der Waals surface area contributed by atoms with Crippen molar-refractivity contribution in [3.63, 3.8) is 0 Å². The van der Waals surface area contributed by atoms with Crippen molar-refractivity contribution in [2.45, 2.75) is 13.0 Å². The first kappa shape index (κ1) is 14.0. The molecule has 0 bridgehead atoms. The molecule has 0 unspecified atom stereocenters. The largest absolute Gasteiger partial charge is 0.448 e. The van der Waals surface area contributed by atoms with E-state index in [1.165, 1.54) is 6.92 Å². The van der Waals surface area contributed by atoms with Crippen LogP contribution in [0.5, 0.6) is 0 Å². The molecule has 1 amide bonds. The lowest BCUT2D eigenvalue weighted by Gasteiger charge is -2.10. The average molecular weight is 298 g/mol. The molecule has 0 aliphatic carbocycles. The number of ether oxygens (including phenoxy) is 1. The molecule has 5 nitrogen and oxygen atoms in total. The van der Waals surface area contributed by atoms with Gasteiger partial charge in [-0.2, -0.15) is 0 Å². The third kappa shape index (κ3) is 3.21. The summed E-state index contributed by atoms with van der Waals surface area (Å²) in [6.07, 6.45) is 0.0659. The zero-order valence-corrected chi connectivity index (χ0v) is 10.8. The number of hydrogen-bond acceptors (Lipinski definition) is 4. The van der Waals surface area contributed by atoms with Gasteiger partial charge >= 0.3 is 5.97 Å². The number of nitrogens with two attached hydrogens (primary N) is 1. The van der Waals surface area contributed by atoms with Crippen LogP contribution in [0.2, 0.25) is 15.1 Å². The quantitative estimate of drug-likeness (QED) is 0.866. The van der Waals surface area contributed by atoms with E-state index in [4.69, 9.17) is 45.3 Å². The Morgan fingerprint density at radius 3 is 2.47 bits per heavy atom. The third-order valence-corrected chi connectivity index (χ3v) is 3.04. The molecule has 1 atom stereocenters. The summed E-state index contributed by atoms with van der Waals surface area (Å²) in [5, 5.41) is -0.0426. The molecule has 0 spiro atoms. The molecule has 0 aromatic carbocycles. The molecule has 0 aliphatic rings. The van der Waals surface area contributed by atoms with E-state index in [9.17, 15) is 9.59 Å². The van der Waals surface area contributed by atoms with Crippen LogP contribution in [0.3, 0.4) is 0 Å².